The van der Waals surface area contributed by atoms with Crippen LogP contribution in [0.25, 0.3) is 103 Å². The Hall–Kier alpha value is -10.8. The molecule has 0 bridgehead atoms. The predicted molar refractivity (Wildman–Crippen MR) is 380 cm³/mol. The molecule has 0 amide bonds. The molecule has 92 heavy (non-hydrogen) atoms. The van der Waals surface area contributed by atoms with Crippen LogP contribution in [-0.2, 0) is 0 Å². The first-order valence-electron chi connectivity index (χ1n) is 32.4. The maximum absolute atomic E-state index is 5.08. The van der Waals surface area contributed by atoms with Gasteiger partial charge in [-0.2, -0.15) is 0 Å². The van der Waals surface area contributed by atoms with Gasteiger partial charge >= 0.3 is 0 Å². The van der Waals surface area contributed by atoms with E-state index in [9.17, 15) is 0 Å². The topological polar surface area (TPSA) is 77.3 Å². The molecule has 2 saturated carbocycles. The highest BCUT2D eigenvalue weighted by Gasteiger charge is 2.31. The zero-order valence-corrected chi connectivity index (χ0v) is 51.6. The van der Waals surface area contributed by atoms with Crippen LogP contribution in [-0.4, -0.2) is 29.9 Å². The summed E-state index contributed by atoms with van der Waals surface area (Å²) in [7, 11) is 0. The van der Waals surface area contributed by atoms with Crippen LogP contribution >= 0.6 is 0 Å². The maximum atomic E-state index is 5.08. The third-order valence-corrected chi connectivity index (χ3v) is 18.5. The zero-order valence-electron chi connectivity index (χ0n) is 51.6. The van der Waals surface area contributed by atoms with E-state index in [1.807, 2.05) is 85.7 Å². The fourth-order valence-corrected chi connectivity index (χ4v) is 13.8. The van der Waals surface area contributed by atoms with E-state index < -0.39 is 0 Å². The summed E-state index contributed by atoms with van der Waals surface area (Å²) >= 11 is 0. The van der Waals surface area contributed by atoms with Crippen molar-refractivity contribution in [3.05, 3.63) is 338 Å². The largest absolute Gasteiger partial charge is 0.256 e. The van der Waals surface area contributed by atoms with Crippen molar-refractivity contribution in [1.82, 2.24) is 29.9 Å². The van der Waals surface area contributed by atoms with Gasteiger partial charge in [-0.1, -0.05) is 243 Å². The monoisotopic (exact) mass is 1190 g/mol. The molecule has 6 nitrogen and oxygen atoms in total. The second-order valence-corrected chi connectivity index (χ2v) is 24.7. The van der Waals surface area contributed by atoms with Crippen LogP contribution in [0.3, 0.4) is 0 Å². The van der Waals surface area contributed by atoms with Crippen molar-refractivity contribution in [1.29, 1.82) is 0 Å². The van der Waals surface area contributed by atoms with E-state index in [0.717, 1.165) is 101 Å². The molecular weight excluding hydrogens is 1120 g/mol. The molecule has 0 aliphatic heterocycles. The van der Waals surface area contributed by atoms with Crippen molar-refractivity contribution in [2.24, 2.45) is 23.7 Å². The fourth-order valence-electron chi connectivity index (χ4n) is 13.8. The first-order chi connectivity index (χ1) is 45.5. The number of pyridine rings is 4. The van der Waals surface area contributed by atoms with Gasteiger partial charge in [-0.05, 0) is 173 Å². The molecule has 2 aliphatic carbocycles. The minimum Gasteiger partial charge on any atom is -0.256 e. The highest BCUT2D eigenvalue weighted by atomic mass is 14.9. The highest BCUT2D eigenvalue weighted by Crippen LogP contribution is 2.46. The van der Waals surface area contributed by atoms with Crippen molar-refractivity contribution in [2.45, 2.75) is 50.4 Å². The molecule has 0 saturated heterocycles. The molecule has 0 spiro atoms. The van der Waals surface area contributed by atoms with Gasteiger partial charge in [0.2, 0.25) is 0 Å². The molecule has 446 valence electrons. The molecule has 2 fully saturated rings. The van der Waals surface area contributed by atoms with Gasteiger partial charge in [0.05, 0.1) is 22.8 Å². The van der Waals surface area contributed by atoms with Crippen molar-refractivity contribution < 1.29 is 0 Å². The predicted octanol–water partition coefficient (Wildman–Crippen LogP) is 21.6. The Balaban J connectivity index is 0.692. The number of hydrogen-bond acceptors (Lipinski definition) is 6. The Morgan fingerprint density at radius 1 is 0.239 bits per heavy atom. The zero-order chi connectivity index (χ0) is 61.7. The summed E-state index contributed by atoms with van der Waals surface area (Å²) in [5, 5.41) is 0. The Morgan fingerprint density at radius 2 is 0.522 bits per heavy atom. The van der Waals surface area contributed by atoms with Gasteiger partial charge < -0.3 is 0 Å². The first kappa shape index (κ1) is 58.8. The lowest BCUT2D eigenvalue weighted by atomic mass is 9.71. The molecule has 12 aromatic rings. The Labute approximate surface area is 541 Å². The Kier molecular flexibility index (Phi) is 18.1. The van der Waals surface area contributed by atoms with Crippen LogP contribution < -0.4 is 0 Å². The number of allylic oxidation sites excluding steroid dienone is 4. The lowest BCUT2D eigenvalue weighted by molar-refractivity contribution is 0.315. The van der Waals surface area contributed by atoms with Gasteiger partial charge in [-0.3, -0.25) is 19.9 Å². The van der Waals surface area contributed by atoms with E-state index in [-0.39, 0.29) is 0 Å². The molecule has 0 N–H and O–H groups in total. The lowest BCUT2D eigenvalue weighted by Gasteiger charge is -2.34. The fraction of sp³-hybridized carbons (Fsp3) is 0.140. The summed E-state index contributed by atoms with van der Waals surface area (Å²) in [6.07, 6.45) is 37.0. The van der Waals surface area contributed by atoms with Crippen LogP contribution in [0.4, 0.5) is 0 Å². The first-order valence-corrected chi connectivity index (χ1v) is 32.4. The minimum absolute atomic E-state index is 0.332. The standard InChI is InChI=1S/C86H72N6/c1-2-14-79(75-55-65(25-21-61-29-37-70(38-30-61)82-17-5-9-49-87-82)53-66(56-75)26-22-62-31-39-71(40-32-62)83-18-6-10-50-88-83)78(13-1)69-45-47-74(48-46-69)86-91-59-77(60-92-86)81-16-4-3-15-80(81)76-57-67(27-23-63-33-41-72(42-34-63)84-19-7-11-51-89-84)54-68(58-76)28-24-64-35-43-73(44-36-64)85-20-8-12-52-90-85/h1-52,59-60,65-68,75-76H,53-58H2/b25-21-,26-22?,27-23-,28-24-. The molecule has 6 heteroatoms. The number of benzene rings is 7. The second kappa shape index (κ2) is 28.3. The van der Waals surface area contributed by atoms with E-state index >= 15 is 0 Å². The summed E-state index contributed by atoms with van der Waals surface area (Å²) in [5.74, 6) is 2.98. The summed E-state index contributed by atoms with van der Waals surface area (Å²) in [6.45, 7) is 0. The van der Waals surface area contributed by atoms with E-state index in [2.05, 4.69) is 263 Å². The van der Waals surface area contributed by atoms with Crippen LogP contribution in [0.2, 0.25) is 0 Å². The van der Waals surface area contributed by atoms with E-state index in [0.29, 0.717) is 35.5 Å². The SMILES string of the molecule is C(=CC1CC(/C=C\c2ccc(-c3ccccn3)cc2)CC(c2ccccc2-c2ccc(-c3ncc(-c4ccccc4C4CC(/C=C\c5ccc(-c6ccccn6)cc5)CC(/C=C\c5ccc(-c6ccccn6)cc5)C4)cn3)cc2)C1)c1ccc(-c2ccccn2)cc1. The van der Waals surface area contributed by atoms with Gasteiger partial charge in [0.15, 0.2) is 5.82 Å². The van der Waals surface area contributed by atoms with Crippen LogP contribution in [0.1, 0.15) is 83.7 Å². The van der Waals surface area contributed by atoms with Crippen LogP contribution in [0.15, 0.2) is 304 Å². The minimum atomic E-state index is 0.332. The number of nitrogens with zero attached hydrogens (tertiary/aromatic N) is 6. The number of rotatable bonds is 17. The van der Waals surface area contributed by atoms with Crippen molar-refractivity contribution >= 4 is 24.3 Å². The van der Waals surface area contributed by atoms with E-state index in [4.69, 9.17) is 9.97 Å². The van der Waals surface area contributed by atoms with Gasteiger partial charge in [0.1, 0.15) is 0 Å². The number of hydrogen-bond donors (Lipinski definition) is 0. The van der Waals surface area contributed by atoms with E-state index in [1.54, 1.807) is 0 Å². The van der Waals surface area contributed by atoms with Crippen molar-refractivity contribution in [2.75, 3.05) is 0 Å². The van der Waals surface area contributed by atoms with Gasteiger partial charge in [-0.25, -0.2) is 9.97 Å². The quantitative estimate of drug-likeness (QED) is 0.0904. The number of aromatic nitrogens is 6. The average Bonchev–Trinajstić information content (AvgIpc) is 1.01. The van der Waals surface area contributed by atoms with Crippen molar-refractivity contribution in [3.8, 4) is 78.7 Å². The highest BCUT2D eigenvalue weighted by molar-refractivity contribution is 5.73. The Bertz CT molecular complexity index is 3980. The van der Waals surface area contributed by atoms with Gasteiger partial charge in [0, 0.05) is 70.6 Å². The average molecular weight is 1190 g/mol. The normalized spacial score (nSPS) is 18.4. The molecule has 5 atom stereocenters. The van der Waals surface area contributed by atoms with Gasteiger partial charge in [-0.15, -0.1) is 0 Å². The lowest BCUT2D eigenvalue weighted by Crippen LogP contribution is -2.20. The third-order valence-electron chi connectivity index (χ3n) is 18.5. The summed E-state index contributed by atoms with van der Waals surface area (Å²) in [4.78, 5) is 28.4. The summed E-state index contributed by atoms with van der Waals surface area (Å²) < 4.78 is 0. The van der Waals surface area contributed by atoms with E-state index in [1.165, 1.54) is 50.1 Å². The molecule has 14 rings (SSSR count). The van der Waals surface area contributed by atoms with Crippen molar-refractivity contribution in [3.63, 3.8) is 0 Å². The van der Waals surface area contributed by atoms with Gasteiger partial charge in [0.25, 0.3) is 0 Å². The second-order valence-electron chi connectivity index (χ2n) is 24.7. The molecule has 0 radical (unpaired) electrons. The van der Waals surface area contributed by atoms with Crippen LogP contribution in [0.5, 0.6) is 0 Å². The Morgan fingerprint density at radius 3 is 0.837 bits per heavy atom. The molecule has 5 unspecified atom stereocenters. The molecular formula is C86H72N6. The smallest absolute Gasteiger partial charge is 0.159 e. The summed E-state index contributed by atoms with van der Waals surface area (Å²) in [6, 6.07) is 86.2. The summed E-state index contributed by atoms with van der Waals surface area (Å²) in [5.41, 5.74) is 21.7. The molecule has 7 aromatic carbocycles. The maximum Gasteiger partial charge on any atom is 0.159 e. The molecule has 5 aromatic heterocycles. The van der Waals surface area contributed by atoms with Crippen LogP contribution in [0, 0.1) is 23.7 Å². The molecule has 2 aliphatic rings. The third kappa shape index (κ3) is 14.4. The molecule has 5 heterocycles.